The van der Waals surface area contributed by atoms with Gasteiger partial charge in [0.15, 0.2) is 0 Å². The van der Waals surface area contributed by atoms with Gasteiger partial charge in [-0.2, -0.15) is 0 Å². The van der Waals surface area contributed by atoms with Gasteiger partial charge in [0.2, 0.25) is 10.0 Å². The molecule has 7 nitrogen and oxygen atoms in total. The zero-order valence-corrected chi connectivity index (χ0v) is 13.1. The molecule has 118 valence electrons. The summed E-state index contributed by atoms with van der Waals surface area (Å²) in [7, 11) is -2.55. The van der Waals surface area contributed by atoms with E-state index in [1.807, 2.05) is 13.8 Å². The standard InChI is InChI=1S/C13H21N3O4S/c1-8(2)6-12(13(17)20-3)16-11-7-9(21(15,18)19)4-5-10(11)14/h4-5,7-8,12,16H,6,14H2,1-3H3,(H2,15,18,19). The van der Waals surface area contributed by atoms with E-state index in [1.54, 1.807) is 0 Å². The number of sulfonamides is 1. The zero-order valence-electron chi connectivity index (χ0n) is 12.3. The van der Waals surface area contributed by atoms with Crippen LogP contribution in [-0.4, -0.2) is 27.5 Å². The minimum atomic E-state index is -3.84. The predicted molar refractivity (Wildman–Crippen MR) is 81.1 cm³/mol. The Morgan fingerprint density at radius 2 is 2.00 bits per heavy atom. The number of esters is 1. The van der Waals surface area contributed by atoms with E-state index in [1.165, 1.54) is 25.3 Å². The maximum atomic E-state index is 11.8. The van der Waals surface area contributed by atoms with Crippen LogP contribution in [0.2, 0.25) is 0 Å². The summed E-state index contributed by atoms with van der Waals surface area (Å²) in [5.41, 5.74) is 6.45. The summed E-state index contributed by atoms with van der Waals surface area (Å²) in [4.78, 5) is 11.7. The molecule has 1 aromatic rings. The van der Waals surface area contributed by atoms with Gasteiger partial charge >= 0.3 is 5.97 Å². The molecule has 0 spiro atoms. The van der Waals surface area contributed by atoms with Crippen molar-refractivity contribution in [2.24, 2.45) is 11.1 Å². The molecule has 1 rings (SSSR count). The number of hydrogen-bond donors (Lipinski definition) is 3. The average molecular weight is 315 g/mol. The molecule has 0 radical (unpaired) electrons. The van der Waals surface area contributed by atoms with Crippen molar-refractivity contribution in [3.8, 4) is 0 Å². The van der Waals surface area contributed by atoms with Gasteiger partial charge in [-0.15, -0.1) is 0 Å². The highest BCUT2D eigenvalue weighted by molar-refractivity contribution is 7.89. The number of primary sulfonamides is 1. The molecule has 0 amide bonds. The molecule has 8 heteroatoms. The van der Waals surface area contributed by atoms with E-state index in [0.29, 0.717) is 17.8 Å². The highest BCUT2D eigenvalue weighted by atomic mass is 32.2. The van der Waals surface area contributed by atoms with Gasteiger partial charge in [0.05, 0.1) is 23.4 Å². The lowest BCUT2D eigenvalue weighted by Crippen LogP contribution is -2.32. The minimum Gasteiger partial charge on any atom is -0.467 e. The minimum absolute atomic E-state index is 0.0765. The van der Waals surface area contributed by atoms with Gasteiger partial charge in [-0.3, -0.25) is 0 Å². The summed E-state index contributed by atoms with van der Waals surface area (Å²) in [6, 6.07) is 3.42. The fourth-order valence-electron chi connectivity index (χ4n) is 1.85. The normalized spacial score (nSPS) is 13.0. The van der Waals surface area contributed by atoms with E-state index in [0.717, 1.165) is 0 Å². The first-order chi connectivity index (χ1) is 9.65. The molecule has 1 aromatic carbocycles. The fourth-order valence-corrected chi connectivity index (χ4v) is 2.39. The first-order valence-electron chi connectivity index (χ1n) is 6.41. The molecule has 0 saturated heterocycles. The quantitative estimate of drug-likeness (QED) is 0.529. The molecule has 0 heterocycles. The van der Waals surface area contributed by atoms with Gasteiger partial charge in [0, 0.05) is 0 Å². The molecule has 0 aliphatic rings. The summed E-state index contributed by atoms with van der Waals surface area (Å²) in [5.74, 6) is -0.201. The summed E-state index contributed by atoms with van der Waals surface area (Å²) in [5, 5.41) is 8.01. The zero-order chi connectivity index (χ0) is 16.2. The Kier molecular flexibility index (Phi) is 5.56. The first kappa shape index (κ1) is 17.3. The monoisotopic (exact) mass is 315 g/mol. The summed E-state index contributed by atoms with van der Waals surface area (Å²) in [6.45, 7) is 3.92. The number of nitrogens with two attached hydrogens (primary N) is 2. The van der Waals surface area contributed by atoms with Crippen molar-refractivity contribution in [3.05, 3.63) is 18.2 Å². The van der Waals surface area contributed by atoms with E-state index in [4.69, 9.17) is 15.6 Å². The van der Waals surface area contributed by atoms with Crippen LogP contribution in [0.1, 0.15) is 20.3 Å². The average Bonchev–Trinajstić information content (AvgIpc) is 2.37. The maximum absolute atomic E-state index is 11.8. The molecule has 0 bridgehead atoms. The fraction of sp³-hybridized carbons (Fsp3) is 0.462. The van der Waals surface area contributed by atoms with Crippen LogP contribution in [0.15, 0.2) is 23.1 Å². The number of methoxy groups -OCH3 is 1. The van der Waals surface area contributed by atoms with Crippen LogP contribution in [0.5, 0.6) is 0 Å². The third-order valence-corrected chi connectivity index (χ3v) is 3.79. The predicted octanol–water partition coefficient (Wildman–Crippen LogP) is 0.916. The maximum Gasteiger partial charge on any atom is 0.328 e. The van der Waals surface area contributed by atoms with Gasteiger partial charge in [0.25, 0.3) is 0 Å². The number of carbonyl (C=O) groups excluding carboxylic acids is 1. The van der Waals surface area contributed by atoms with Crippen LogP contribution >= 0.6 is 0 Å². The van der Waals surface area contributed by atoms with E-state index >= 15 is 0 Å². The smallest absolute Gasteiger partial charge is 0.328 e. The van der Waals surface area contributed by atoms with E-state index in [2.05, 4.69) is 5.32 Å². The Bertz CT molecular complexity index is 614. The second-order valence-corrected chi connectivity index (χ2v) is 6.71. The van der Waals surface area contributed by atoms with Crippen LogP contribution in [0.25, 0.3) is 0 Å². The van der Waals surface area contributed by atoms with Gasteiger partial charge in [-0.25, -0.2) is 18.4 Å². The molecular weight excluding hydrogens is 294 g/mol. The van der Waals surface area contributed by atoms with Gasteiger partial charge in [-0.1, -0.05) is 13.8 Å². The highest BCUT2D eigenvalue weighted by Gasteiger charge is 2.22. The molecule has 0 aromatic heterocycles. The van der Waals surface area contributed by atoms with Crippen LogP contribution in [-0.2, 0) is 19.6 Å². The molecule has 1 atom stereocenters. The molecule has 21 heavy (non-hydrogen) atoms. The van der Waals surface area contributed by atoms with Crippen LogP contribution in [0.3, 0.4) is 0 Å². The Balaban J connectivity index is 3.11. The SMILES string of the molecule is COC(=O)C(CC(C)C)Nc1cc(S(N)(=O)=O)ccc1N. The lowest BCUT2D eigenvalue weighted by molar-refractivity contribution is -0.141. The molecule has 1 unspecified atom stereocenters. The summed E-state index contributed by atoms with van der Waals surface area (Å²) >= 11 is 0. The second-order valence-electron chi connectivity index (χ2n) is 5.14. The summed E-state index contributed by atoms with van der Waals surface area (Å²) in [6.07, 6.45) is 0.520. The largest absolute Gasteiger partial charge is 0.467 e. The number of nitrogen functional groups attached to an aromatic ring is 1. The molecule has 0 aliphatic heterocycles. The van der Waals surface area contributed by atoms with Gasteiger partial charge in [-0.05, 0) is 30.5 Å². The lowest BCUT2D eigenvalue weighted by atomic mass is 10.0. The topological polar surface area (TPSA) is 125 Å². The van der Waals surface area contributed by atoms with Crippen LogP contribution in [0, 0.1) is 5.92 Å². The number of carbonyl (C=O) groups is 1. The van der Waals surface area contributed by atoms with Crippen molar-refractivity contribution in [1.82, 2.24) is 0 Å². The van der Waals surface area contributed by atoms with Crippen molar-refractivity contribution < 1.29 is 17.9 Å². The van der Waals surface area contributed by atoms with Crippen molar-refractivity contribution in [3.63, 3.8) is 0 Å². The second kappa shape index (κ2) is 6.77. The van der Waals surface area contributed by atoms with Crippen molar-refractivity contribution in [2.75, 3.05) is 18.2 Å². The third-order valence-electron chi connectivity index (χ3n) is 2.88. The number of anilines is 2. The van der Waals surface area contributed by atoms with E-state index in [9.17, 15) is 13.2 Å². The molecule has 0 aliphatic carbocycles. The Morgan fingerprint density at radius 3 is 2.48 bits per heavy atom. The summed E-state index contributed by atoms with van der Waals surface area (Å²) < 4.78 is 27.5. The molecule has 0 saturated carbocycles. The van der Waals surface area contributed by atoms with Crippen LogP contribution in [0.4, 0.5) is 11.4 Å². The van der Waals surface area contributed by atoms with Gasteiger partial charge in [0.1, 0.15) is 6.04 Å². The third kappa shape index (κ3) is 4.91. The molecule has 5 N–H and O–H groups in total. The first-order valence-corrected chi connectivity index (χ1v) is 7.96. The van der Waals surface area contributed by atoms with Crippen molar-refractivity contribution in [1.29, 1.82) is 0 Å². The van der Waals surface area contributed by atoms with Crippen molar-refractivity contribution in [2.45, 2.75) is 31.2 Å². The Hall–Kier alpha value is -1.80. The number of hydrogen-bond acceptors (Lipinski definition) is 6. The lowest BCUT2D eigenvalue weighted by Gasteiger charge is -2.20. The number of benzene rings is 1. The number of ether oxygens (including phenoxy) is 1. The van der Waals surface area contributed by atoms with E-state index in [-0.39, 0.29) is 10.8 Å². The van der Waals surface area contributed by atoms with E-state index < -0.39 is 22.0 Å². The van der Waals surface area contributed by atoms with Gasteiger partial charge < -0.3 is 15.8 Å². The van der Waals surface area contributed by atoms with Crippen LogP contribution < -0.4 is 16.2 Å². The van der Waals surface area contributed by atoms with Crippen molar-refractivity contribution >= 4 is 27.4 Å². The Morgan fingerprint density at radius 1 is 1.38 bits per heavy atom. The number of nitrogens with one attached hydrogen (secondary N) is 1. The molecular formula is C13H21N3O4S. The highest BCUT2D eigenvalue weighted by Crippen LogP contribution is 2.24. The Labute approximate surface area is 124 Å². The molecule has 0 fully saturated rings. The number of rotatable bonds is 6.